The second-order valence-corrected chi connectivity index (χ2v) is 6.69. The standard InChI is InChI=1S/C20H15ClN4OS/c21-16-8-5-14(6-9-16)12-26-19-10-7-15-3-1-2-4-17(15)18(19)11-23-25-13-22-24-20(25)27/h1-11,13H,12H2,(H,24,27). The summed E-state index contributed by atoms with van der Waals surface area (Å²) in [7, 11) is 0. The van der Waals surface area contributed by atoms with Crippen molar-refractivity contribution in [2.24, 2.45) is 5.10 Å². The van der Waals surface area contributed by atoms with Gasteiger partial charge >= 0.3 is 0 Å². The lowest BCUT2D eigenvalue weighted by Gasteiger charge is -2.12. The molecular weight excluding hydrogens is 380 g/mol. The summed E-state index contributed by atoms with van der Waals surface area (Å²) < 4.78 is 8.00. The molecule has 0 bridgehead atoms. The van der Waals surface area contributed by atoms with E-state index in [1.807, 2.05) is 54.6 Å². The van der Waals surface area contributed by atoms with E-state index in [4.69, 9.17) is 28.6 Å². The van der Waals surface area contributed by atoms with Gasteiger partial charge in [0.15, 0.2) is 0 Å². The van der Waals surface area contributed by atoms with Crippen LogP contribution in [-0.2, 0) is 6.61 Å². The average Bonchev–Trinajstić information content (AvgIpc) is 3.11. The lowest BCUT2D eigenvalue weighted by Crippen LogP contribution is -2.00. The average molecular weight is 395 g/mol. The number of fused-ring (bicyclic) bond motifs is 1. The molecule has 0 atom stereocenters. The zero-order valence-electron chi connectivity index (χ0n) is 14.2. The van der Waals surface area contributed by atoms with Crippen molar-refractivity contribution >= 4 is 40.8 Å². The summed E-state index contributed by atoms with van der Waals surface area (Å²) in [6, 6.07) is 19.7. The van der Waals surface area contributed by atoms with Crippen molar-refractivity contribution in [3.63, 3.8) is 0 Å². The van der Waals surface area contributed by atoms with E-state index in [1.54, 1.807) is 6.21 Å². The van der Waals surface area contributed by atoms with Crippen LogP contribution in [-0.4, -0.2) is 21.1 Å². The zero-order chi connectivity index (χ0) is 18.6. The molecule has 1 heterocycles. The van der Waals surface area contributed by atoms with E-state index in [0.29, 0.717) is 16.4 Å². The Morgan fingerprint density at radius 1 is 1.11 bits per heavy atom. The quantitative estimate of drug-likeness (QED) is 0.373. The maximum atomic E-state index is 6.08. The Morgan fingerprint density at radius 2 is 1.93 bits per heavy atom. The fraction of sp³-hybridized carbons (Fsp3) is 0.0500. The summed E-state index contributed by atoms with van der Waals surface area (Å²) in [5, 5.41) is 13.8. The molecule has 0 radical (unpaired) electrons. The Bertz CT molecular complexity index is 1160. The summed E-state index contributed by atoms with van der Waals surface area (Å²) in [6.07, 6.45) is 3.27. The van der Waals surface area contributed by atoms with Crippen LogP contribution >= 0.6 is 23.8 Å². The van der Waals surface area contributed by atoms with E-state index < -0.39 is 0 Å². The number of aromatic amines is 1. The van der Waals surface area contributed by atoms with Crippen LogP contribution in [0, 0.1) is 4.77 Å². The van der Waals surface area contributed by atoms with Gasteiger partial charge in [0.1, 0.15) is 18.7 Å². The molecule has 0 fully saturated rings. The molecule has 0 aliphatic rings. The minimum Gasteiger partial charge on any atom is -0.488 e. The Hall–Kier alpha value is -2.96. The highest BCUT2D eigenvalue weighted by molar-refractivity contribution is 7.71. The molecule has 5 nitrogen and oxygen atoms in total. The molecule has 0 saturated heterocycles. The van der Waals surface area contributed by atoms with Crippen LogP contribution in [0.5, 0.6) is 5.75 Å². The number of aromatic nitrogens is 3. The van der Waals surface area contributed by atoms with Crippen LogP contribution in [0.4, 0.5) is 0 Å². The van der Waals surface area contributed by atoms with Crippen LogP contribution in [0.2, 0.25) is 5.02 Å². The number of ether oxygens (including phenoxy) is 1. The lowest BCUT2D eigenvalue weighted by atomic mass is 10.0. The van der Waals surface area contributed by atoms with Gasteiger partial charge in [0, 0.05) is 10.6 Å². The first kappa shape index (κ1) is 17.5. The topological polar surface area (TPSA) is 55.2 Å². The van der Waals surface area contributed by atoms with Crippen LogP contribution in [0.25, 0.3) is 10.8 Å². The predicted molar refractivity (Wildman–Crippen MR) is 110 cm³/mol. The van der Waals surface area contributed by atoms with Crippen molar-refractivity contribution in [3.8, 4) is 5.75 Å². The largest absolute Gasteiger partial charge is 0.488 e. The van der Waals surface area contributed by atoms with Crippen molar-refractivity contribution in [1.82, 2.24) is 14.9 Å². The van der Waals surface area contributed by atoms with Gasteiger partial charge in [-0.1, -0.05) is 54.1 Å². The highest BCUT2D eigenvalue weighted by Gasteiger charge is 2.08. The molecule has 0 aliphatic carbocycles. The SMILES string of the molecule is S=c1[nH]ncn1N=Cc1c(OCc2ccc(Cl)cc2)ccc2ccccc12. The van der Waals surface area contributed by atoms with Crippen LogP contribution < -0.4 is 4.74 Å². The number of nitrogens with one attached hydrogen (secondary N) is 1. The highest BCUT2D eigenvalue weighted by Crippen LogP contribution is 2.27. The third kappa shape index (κ3) is 3.92. The van der Waals surface area contributed by atoms with E-state index in [1.165, 1.54) is 11.0 Å². The second kappa shape index (κ2) is 7.73. The molecule has 0 saturated carbocycles. The molecule has 3 aromatic carbocycles. The summed E-state index contributed by atoms with van der Waals surface area (Å²) >= 11 is 11.1. The molecular formula is C20H15ClN4OS. The van der Waals surface area contributed by atoms with Gasteiger partial charge in [-0.25, -0.2) is 0 Å². The Labute approximate surface area is 165 Å². The first-order chi connectivity index (χ1) is 13.2. The number of nitrogens with zero attached hydrogens (tertiary/aromatic N) is 3. The number of hydrogen-bond donors (Lipinski definition) is 1. The maximum absolute atomic E-state index is 6.08. The fourth-order valence-electron chi connectivity index (χ4n) is 2.72. The molecule has 7 heteroatoms. The molecule has 0 spiro atoms. The third-order valence-corrected chi connectivity index (χ3v) is 4.62. The summed E-state index contributed by atoms with van der Waals surface area (Å²) in [6.45, 7) is 0.432. The monoisotopic (exact) mass is 394 g/mol. The van der Waals surface area contributed by atoms with Gasteiger partial charge < -0.3 is 4.74 Å². The van der Waals surface area contributed by atoms with E-state index >= 15 is 0 Å². The van der Waals surface area contributed by atoms with Crippen molar-refractivity contribution < 1.29 is 4.74 Å². The third-order valence-electron chi connectivity index (χ3n) is 4.08. The predicted octanol–water partition coefficient (Wildman–Crippen LogP) is 5.21. The van der Waals surface area contributed by atoms with E-state index in [-0.39, 0.29) is 0 Å². The molecule has 1 N–H and O–H groups in total. The number of halogens is 1. The number of rotatable bonds is 5. The van der Waals surface area contributed by atoms with E-state index in [2.05, 4.69) is 21.4 Å². The molecule has 0 unspecified atom stereocenters. The second-order valence-electron chi connectivity index (χ2n) is 5.86. The van der Waals surface area contributed by atoms with Crippen molar-refractivity contribution in [3.05, 3.63) is 87.9 Å². The van der Waals surface area contributed by atoms with Crippen LogP contribution in [0.1, 0.15) is 11.1 Å². The summed E-state index contributed by atoms with van der Waals surface area (Å²) in [4.78, 5) is 0. The molecule has 0 aliphatic heterocycles. The van der Waals surface area contributed by atoms with Crippen LogP contribution in [0.3, 0.4) is 0 Å². The van der Waals surface area contributed by atoms with Crippen molar-refractivity contribution in [1.29, 1.82) is 0 Å². The first-order valence-corrected chi connectivity index (χ1v) is 9.05. The molecule has 1 aromatic heterocycles. The summed E-state index contributed by atoms with van der Waals surface area (Å²) in [5.74, 6) is 0.738. The molecule has 134 valence electrons. The van der Waals surface area contributed by atoms with E-state index in [9.17, 15) is 0 Å². The van der Waals surface area contributed by atoms with Gasteiger partial charge in [-0.15, -0.1) is 0 Å². The number of H-pyrrole nitrogens is 1. The van der Waals surface area contributed by atoms with Crippen LogP contribution in [0.15, 0.2) is 72.1 Å². The van der Waals surface area contributed by atoms with Crippen molar-refractivity contribution in [2.75, 3.05) is 0 Å². The Kier molecular flexibility index (Phi) is 5.00. The molecule has 4 aromatic rings. The number of hydrogen-bond acceptors (Lipinski definition) is 4. The molecule has 0 amide bonds. The maximum Gasteiger partial charge on any atom is 0.216 e. The van der Waals surface area contributed by atoms with E-state index in [0.717, 1.165) is 27.6 Å². The smallest absolute Gasteiger partial charge is 0.216 e. The Morgan fingerprint density at radius 3 is 2.70 bits per heavy atom. The van der Waals surface area contributed by atoms with Gasteiger partial charge in [-0.2, -0.15) is 14.9 Å². The normalized spacial score (nSPS) is 11.3. The zero-order valence-corrected chi connectivity index (χ0v) is 15.7. The Balaban J connectivity index is 1.70. The first-order valence-electron chi connectivity index (χ1n) is 8.26. The van der Waals surface area contributed by atoms with Crippen molar-refractivity contribution in [2.45, 2.75) is 6.61 Å². The van der Waals surface area contributed by atoms with Gasteiger partial charge in [0.25, 0.3) is 0 Å². The number of benzene rings is 3. The minimum absolute atomic E-state index is 0.426. The minimum atomic E-state index is 0.426. The summed E-state index contributed by atoms with van der Waals surface area (Å²) in [5.41, 5.74) is 1.91. The molecule has 4 rings (SSSR count). The fourth-order valence-corrected chi connectivity index (χ4v) is 2.99. The van der Waals surface area contributed by atoms with Gasteiger partial charge in [-0.3, -0.25) is 5.10 Å². The molecule has 27 heavy (non-hydrogen) atoms. The lowest BCUT2D eigenvalue weighted by molar-refractivity contribution is 0.306. The highest BCUT2D eigenvalue weighted by atomic mass is 35.5. The van der Waals surface area contributed by atoms with Gasteiger partial charge in [-0.05, 0) is 46.8 Å². The van der Waals surface area contributed by atoms with Gasteiger partial charge in [0.05, 0.1) is 6.21 Å². The van der Waals surface area contributed by atoms with Gasteiger partial charge in [0.2, 0.25) is 4.77 Å².